The summed E-state index contributed by atoms with van der Waals surface area (Å²) in [6.07, 6.45) is 1.69. The molecule has 5 rings (SSSR count). The normalized spacial score (nSPS) is 15.4. The molecule has 0 spiro atoms. The molecule has 0 saturated carbocycles. The van der Waals surface area contributed by atoms with E-state index < -0.39 is 10.0 Å². The van der Waals surface area contributed by atoms with Crippen molar-refractivity contribution < 1.29 is 8.42 Å². The van der Waals surface area contributed by atoms with E-state index in [9.17, 15) is 8.42 Å². The van der Waals surface area contributed by atoms with Gasteiger partial charge in [0.05, 0.1) is 11.2 Å². The zero-order chi connectivity index (χ0) is 24.4. The summed E-state index contributed by atoms with van der Waals surface area (Å²) < 4.78 is 29.7. The van der Waals surface area contributed by atoms with Crippen LogP contribution in [0.2, 0.25) is 0 Å². The van der Waals surface area contributed by atoms with Gasteiger partial charge in [-0.15, -0.1) is 0 Å². The average Bonchev–Trinajstić information content (AvgIpc) is 3.24. The number of hydrogen-bond donors (Lipinski definition) is 2. The van der Waals surface area contributed by atoms with Crippen LogP contribution in [0.15, 0.2) is 65.8 Å². The monoisotopic (exact) mass is 492 g/mol. The molecule has 0 radical (unpaired) electrons. The molecule has 3 heterocycles. The van der Waals surface area contributed by atoms with Crippen molar-refractivity contribution in [2.45, 2.75) is 11.4 Å². The largest absolute Gasteiger partial charge is 0.364 e. The second-order valence-corrected chi connectivity index (χ2v) is 10.6. The molecule has 0 unspecified atom stereocenters. The Morgan fingerprint density at radius 1 is 0.943 bits per heavy atom. The number of hydrogen-bond acceptors (Lipinski definition) is 8. The van der Waals surface area contributed by atoms with Crippen LogP contribution in [0, 0.1) is 0 Å². The number of aryl methyl sites for hydroxylation is 1. The Hall–Kier alpha value is -3.54. The number of piperazine rings is 1. The molecule has 1 saturated heterocycles. The van der Waals surface area contributed by atoms with Crippen LogP contribution in [0.1, 0.15) is 5.56 Å². The van der Waals surface area contributed by atoms with E-state index in [0.717, 1.165) is 5.56 Å². The zero-order valence-corrected chi connectivity index (χ0v) is 20.5. The maximum atomic E-state index is 13.2. The SMILES string of the molecule is CN1CCN(S(=O)(=O)c2cccc(Nc3nc(NCc4ccccc4)c4ncn(C)c4n3)c2)CC1. The van der Waals surface area contributed by atoms with E-state index in [-0.39, 0.29) is 4.90 Å². The maximum absolute atomic E-state index is 13.2. The Bertz CT molecular complexity index is 1430. The first-order valence-corrected chi connectivity index (χ1v) is 12.9. The highest BCUT2D eigenvalue weighted by Gasteiger charge is 2.27. The molecule has 182 valence electrons. The topological polar surface area (TPSA) is 108 Å². The molecule has 10 nitrogen and oxygen atoms in total. The number of nitrogens with one attached hydrogen (secondary N) is 2. The highest BCUT2D eigenvalue weighted by Crippen LogP contribution is 2.25. The van der Waals surface area contributed by atoms with Crippen molar-refractivity contribution >= 4 is 38.6 Å². The van der Waals surface area contributed by atoms with Crippen LogP contribution in [0.3, 0.4) is 0 Å². The summed E-state index contributed by atoms with van der Waals surface area (Å²) >= 11 is 0. The maximum Gasteiger partial charge on any atom is 0.243 e. The van der Waals surface area contributed by atoms with Gasteiger partial charge in [-0.2, -0.15) is 14.3 Å². The van der Waals surface area contributed by atoms with Crippen molar-refractivity contribution in [3.63, 3.8) is 0 Å². The highest BCUT2D eigenvalue weighted by molar-refractivity contribution is 7.89. The molecule has 35 heavy (non-hydrogen) atoms. The number of fused-ring (bicyclic) bond motifs is 1. The van der Waals surface area contributed by atoms with Crippen LogP contribution in [0.25, 0.3) is 11.2 Å². The lowest BCUT2D eigenvalue weighted by Gasteiger charge is -2.31. The summed E-state index contributed by atoms with van der Waals surface area (Å²) in [6, 6.07) is 16.8. The van der Waals surface area contributed by atoms with Crippen molar-refractivity contribution in [1.82, 2.24) is 28.7 Å². The van der Waals surface area contributed by atoms with E-state index >= 15 is 0 Å². The number of sulfonamides is 1. The molecule has 0 amide bonds. The van der Waals surface area contributed by atoms with E-state index in [1.54, 1.807) is 30.6 Å². The smallest absolute Gasteiger partial charge is 0.243 e. The molecule has 2 aromatic heterocycles. The molecule has 1 aliphatic rings. The van der Waals surface area contributed by atoms with Gasteiger partial charge in [-0.3, -0.25) is 0 Å². The lowest BCUT2D eigenvalue weighted by molar-refractivity contribution is 0.222. The van der Waals surface area contributed by atoms with Crippen LogP contribution in [0.5, 0.6) is 0 Å². The summed E-state index contributed by atoms with van der Waals surface area (Å²) in [6.45, 7) is 2.98. The fourth-order valence-electron chi connectivity index (χ4n) is 4.01. The lowest BCUT2D eigenvalue weighted by atomic mass is 10.2. The van der Waals surface area contributed by atoms with Crippen molar-refractivity contribution in [3.8, 4) is 0 Å². The fraction of sp³-hybridized carbons (Fsp3) is 0.292. The summed E-state index contributed by atoms with van der Waals surface area (Å²) in [7, 11) is 0.287. The Labute approximate surface area is 204 Å². The van der Waals surface area contributed by atoms with E-state index in [2.05, 4.69) is 30.5 Å². The standard InChI is InChI=1S/C24H28N8O2S/c1-30-11-13-32(14-12-30)35(33,34)20-10-6-9-19(15-20)27-24-28-22(21-23(29-24)31(2)17-26-21)25-16-18-7-4-3-5-8-18/h3-10,15,17H,11-14,16H2,1-2H3,(H2,25,27,28,29). The molecule has 2 N–H and O–H groups in total. The Balaban J connectivity index is 1.41. The number of aromatic nitrogens is 4. The summed E-state index contributed by atoms with van der Waals surface area (Å²) in [4.78, 5) is 16.1. The second kappa shape index (κ2) is 9.61. The molecule has 0 atom stereocenters. The lowest BCUT2D eigenvalue weighted by Crippen LogP contribution is -2.47. The molecular weight excluding hydrogens is 464 g/mol. The quantitative estimate of drug-likeness (QED) is 0.405. The number of nitrogens with zero attached hydrogens (tertiary/aromatic N) is 6. The van der Waals surface area contributed by atoms with Gasteiger partial charge in [-0.1, -0.05) is 36.4 Å². The van der Waals surface area contributed by atoms with Crippen LogP contribution >= 0.6 is 0 Å². The van der Waals surface area contributed by atoms with Gasteiger partial charge < -0.3 is 20.1 Å². The predicted molar refractivity (Wildman–Crippen MR) is 136 cm³/mol. The van der Waals surface area contributed by atoms with Crippen molar-refractivity contribution in [3.05, 3.63) is 66.5 Å². The van der Waals surface area contributed by atoms with Crippen LogP contribution in [-0.2, 0) is 23.6 Å². The molecule has 0 bridgehead atoms. The summed E-state index contributed by atoms with van der Waals surface area (Å²) in [5.41, 5.74) is 3.04. The van der Waals surface area contributed by atoms with E-state index in [0.29, 0.717) is 61.3 Å². The van der Waals surface area contributed by atoms with E-state index in [1.807, 2.05) is 49.0 Å². The number of rotatable bonds is 7. The number of imidazole rings is 1. The number of benzene rings is 2. The van der Waals surface area contributed by atoms with Crippen LogP contribution < -0.4 is 10.6 Å². The molecule has 2 aromatic carbocycles. The third-order valence-electron chi connectivity index (χ3n) is 6.05. The van der Waals surface area contributed by atoms with Gasteiger partial charge >= 0.3 is 0 Å². The first kappa shape index (κ1) is 23.2. The minimum absolute atomic E-state index is 0.246. The van der Waals surface area contributed by atoms with Crippen molar-refractivity contribution in [1.29, 1.82) is 0 Å². The third kappa shape index (κ3) is 4.97. The number of likely N-dealkylation sites (N-methyl/N-ethyl adjacent to an activating group) is 1. The molecular formula is C24H28N8O2S. The first-order valence-electron chi connectivity index (χ1n) is 11.4. The Morgan fingerprint density at radius 3 is 2.49 bits per heavy atom. The van der Waals surface area contributed by atoms with Gasteiger partial charge in [-0.25, -0.2) is 13.4 Å². The Kier molecular flexibility index (Phi) is 6.37. The molecule has 0 aliphatic carbocycles. The van der Waals surface area contributed by atoms with Gasteiger partial charge in [0.2, 0.25) is 16.0 Å². The minimum atomic E-state index is -3.58. The highest BCUT2D eigenvalue weighted by atomic mass is 32.2. The molecule has 11 heteroatoms. The second-order valence-electron chi connectivity index (χ2n) is 8.62. The van der Waals surface area contributed by atoms with Crippen molar-refractivity contribution in [2.24, 2.45) is 7.05 Å². The minimum Gasteiger partial charge on any atom is -0.364 e. The summed E-state index contributed by atoms with van der Waals surface area (Å²) in [5.74, 6) is 0.953. The van der Waals surface area contributed by atoms with Gasteiger partial charge in [0.15, 0.2) is 17.0 Å². The first-order chi connectivity index (χ1) is 16.9. The van der Waals surface area contributed by atoms with Crippen LogP contribution in [0.4, 0.5) is 17.5 Å². The molecule has 4 aromatic rings. The third-order valence-corrected chi connectivity index (χ3v) is 7.95. The van der Waals surface area contributed by atoms with Gasteiger partial charge in [0.25, 0.3) is 0 Å². The zero-order valence-electron chi connectivity index (χ0n) is 19.7. The van der Waals surface area contributed by atoms with Crippen molar-refractivity contribution in [2.75, 3.05) is 43.9 Å². The van der Waals surface area contributed by atoms with Crippen LogP contribution in [-0.4, -0.2) is 70.4 Å². The van der Waals surface area contributed by atoms with E-state index in [4.69, 9.17) is 0 Å². The fourth-order valence-corrected chi connectivity index (χ4v) is 5.48. The summed E-state index contributed by atoms with van der Waals surface area (Å²) in [5, 5.41) is 6.53. The van der Waals surface area contributed by atoms with E-state index in [1.165, 1.54) is 4.31 Å². The Morgan fingerprint density at radius 2 is 1.71 bits per heavy atom. The average molecular weight is 493 g/mol. The number of anilines is 3. The molecule has 1 aliphatic heterocycles. The predicted octanol–water partition coefficient (Wildman–Crippen LogP) is 2.66. The van der Waals surface area contributed by atoms with Gasteiger partial charge in [0, 0.05) is 45.5 Å². The van der Waals surface area contributed by atoms with Gasteiger partial charge in [-0.05, 0) is 30.8 Å². The molecule has 1 fully saturated rings. The van der Waals surface area contributed by atoms with Gasteiger partial charge in [0.1, 0.15) is 0 Å².